The van der Waals surface area contributed by atoms with Gasteiger partial charge in [0.2, 0.25) is 0 Å². The third kappa shape index (κ3) is 4.75. The first-order valence-electron chi connectivity index (χ1n) is 7.50. The van der Waals surface area contributed by atoms with E-state index in [1.54, 1.807) is 0 Å². The molecule has 29 heavy (non-hydrogen) atoms. The fourth-order valence-electron chi connectivity index (χ4n) is 2.11. The van der Waals surface area contributed by atoms with Crippen LogP contribution in [0.1, 0.15) is 17.0 Å². The van der Waals surface area contributed by atoms with Gasteiger partial charge in [0.1, 0.15) is 17.3 Å². The number of pyridine rings is 1. The maximum absolute atomic E-state index is 13.3. The second kappa shape index (κ2) is 7.50. The van der Waals surface area contributed by atoms with Gasteiger partial charge < -0.3 is 9.15 Å². The minimum atomic E-state index is -4.91. The van der Waals surface area contributed by atoms with Crippen LogP contribution in [-0.4, -0.2) is 15.2 Å². The highest BCUT2D eigenvalue weighted by Gasteiger charge is 2.34. The minimum absolute atomic E-state index is 0.223. The highest BCUT2D eigenvalue weighted by atomic mass is 35.5. The van der Waals surface area contributed by atoms with Crippen molar-refractivity contribution >= 4 is 11.6 Å². The Morgan fingerprint density at radius 3 is 2.34 bits per heavy atom. The molecule has 13 heteroatoms. The van der Waals surface area contributed by atoms with Gasteiger partial charge in [0.15, 0.2) is 6.61 Å². The smallest absolute Gasteiger partial charge is 0.419 e. The van der Waals surface area contributed by atoms with Gasteiger partial charge in [0.05, 0.1) is 16.1 Å². The molecule has 2 aromatic heterocycles. The van der Waals surface area contributed by atoms with Crippen molar-refractivity contribution in [3.05, 3.63) is 58.3 Å². The lowest BCUT2D eigenvalue weighted by atomic mass is 10.2. The SMILES string of the molecule is Fc1ccc(OCc2nnc(-c3ncc(C(F)(F)F)cc3Cl)o2)cc1C(F)(F)F. The lowest BCUT2D eigenvalue weighted by Gasteiger charge is -2.10. The van der Waals surface area contributed by atoms with Crippen LogP contribution in [0.3, 0.4) is 0 Å². The van der Waals surface area contributed by atoms with E-state index in [-0.39, 0.29) is 23.2 Å². The van der Waals surface area contributed by atoms with Crippen LogP contribution in [0.4, 0.5) is 30.7 Å². The molecule has 0 atom stereocenters. The zero-order valence-electron chi connectivity index (χ0n) is 13.8. The lowest BCUT2D eigenvalue weighted by molar-refractivity contribution is -0.140. The van der Waals surface area contributed by atoms with Crippen molar-refractivity contribution in [2.75, 3.05) is 0 Å². The predicted octanol–water partition coefficient (Wildman–Crippen LogP) is 5.54. The second-order valence-corrected chi connectivity index (χ2v) is 5.89. The summed E-state index contributed by atoms with van der Waals surface area (Å²) in [4.78, 5) is 3.54. The highest BCUT2D eigenvalue weighted by Crippen LogP contribution is 2.35. The summed E-state index contributed by atoms with van der Waals surface area (Å²) in [6.45, 7) is -0.492. The first-order chi connectivity index (χ1) is 13.4. The van der Waals surface area contributed by atoms with Gasteiger partial charge in [-0.05, 0) is 24.3 Å². The van der Waals surface area contributed by atoms with Crippen LogP contribution in [0.25, 0.3) is 11.6 Å². The molecule has 5 nitrogen and oxygen atoms in total. The third-order valence-corrected chi connectivity index (χ3v) is 3.73. The number of aromatic nitrogens is 3. The van der Waals surface area contributed by atoms with Crippen molar-refractivity contribution in [2.24, 2.45) is 0 Å². The van der Waals surface area contributed by atoms with Crippen LogP contribution in [0.2, 0.25) is 5.02 Å². The van der Waals surface area contributed by atoms with Crippen LogP contribution < -0.4 is 4.74 Å². The van der Waals surface area contributed by atoms with Gasteiger partial charge in [-0.25, -0.2) is 9.37 Å². The minimum Gasteiger partial charge on any atom is -0.484 e. The van der Waals surface area contributed by atoms with E-state index in [4.69, 9.17) is 20.8 Å². The van der Waals surface area contributed by atoms with E-state index < -0.39 is 40.9 Å². The number of hydrogen-bond acceptors (Lipinski definition) is 5. The molecule has 0 aliphatic carbocycles. The van der Waals surface area contributed by atoms with E-state index in [1.807, 2.05) is 0 Å². The fraction of sp³-hybridized carbons (Fsp3) is 0.188. The molecule has 0 saturated carbocycles. The number of alkyl halides is 6. The van der Waals surface area contributed by atoms with Crippen LogP contribution in [0.5, 0.6) is 5.75 Å². The lowest BCUT2D eigenvalue weighted by Crippen LogP contribution is -2.08. The number of nitrogens with zero attached hydrogens (tertiary/aromatic N) is 3. The van der Waals surface area contributed by atoms with E-state index in [1.165, 1.54) is 0 Å². The number of ether oxygens (including phenoxy) is 1. The topological polar surface area (TPSA) is 61.0 Å². The average Bonchev–Trinajstić information content (AvgIpc) is 3.08. The second-order valence-electron chi connectivity index (χ2n) is 5.48. The Morgan fingerprint density at radius 2 is 1.72 bits per heavy atom. The van der Waals surface area contributed by atoms with E-state index in [0.29, 0.717) is 24.4 Å². The molecule has 0 bridgehead atoms. The molecule has 0 fully saturated rings. The summed E-state index contributed by atoms with van der Waals surface area (Å²) >= 11 is 5.76. The van der Waals surface area contributed by atoms with Crippen molar-refractivity contribution in [1.29, 1.82) is 0 Å². The molecule has 0 aliphatic heterocycles. The Kier molecular flexibility index (Phi) is 5.39. The molecule has 0 N–H and O–H groups in total. The van der Waals surface area contributed by atoms with Crippen LogP contribution >= 0.6 is 11.6 Å². The van der Waals surface area contributed by atoms with Gasteiger partial charge in [-0.2, -0.15) is 26.3 Å². The Hall–Kier alpha value is -2.89. The standard InChI is InChI=1S/C16H7ClF7N3O2/c17-10-3-7(15(19,20)21)5-25-13(10)14-27-26-12(29-14)6-28-8-1-2-11(18)9(4-8)16(22,23)24/h1-5H,6H2. The normalized spacial score (nSPS) is 12.3. The van der Waals surface area contributed by atoms with Crippen LogP contribution in [0, 0.1) is 5.82 Å². The molecule has 154 valence electrons. The van der Waals surface area contributed by atoms with Gasteiger partial charge in [-0.1, -0.05) is 11.6 Å². The Balaban J connectivity index is 1.75. The molecule has 0 radical (unpaired) electrons. The summed E-state index contributed by atoms with van der Waals surface area (Å²) in [6, 6.07) is 2.64. The number of hydrogen-bond donors (Lipinski definition) is 0. The third-order valence-electron chi connectivity index (χ3n) is 3.44. The molecule has 0 unspecified atom stereocenters. The van der Waals surface area contributed by atoms with E-state index in [2.05, 4.69) is 15.2 Å². The van der Waals surface area contributed by atoms with Gasteiger partial charge >= 0.3 is 12.4 Å². The number of rotatable bonds is 4. The van der Waals surface area contributed by atoms with E-state index in [9.17, 15) is 30.7 Å². The van der Waals surface area contributed by atoms with Crippen LogP contribution in [0.15, 0.2) is 34.9 Å². The first-order valence-corrected chi connectivity index (χ1v) is 7.88. The first kappa shape index (κ1) is 20.8. The van der Waals surface area contributed by atoms with Gasteiger partial charge in [0, 0.05) is 6.20 Å². The average molecular weight is 442 g/mol. The molecule has 0 saturated heterocycles. The summed E-state index contributed by atoms with van der Waals surface area (Å²) in [7, 11) is 0. The largest absolute Gasteiger partial charge is 0.484 e. The van der Waals surface area contributed by atoms with Gasteiger partial charge in [-0.3, -0.25) is 0 Å². The summed E-state index contributed by atoms with van der Waals surface area (Å²) in [6.07, 6.45) is -9.03. The van der Waals surface area contributed by atoms with Crippen LogP contribution in [-0.2, 0) is 19.0 Å². The molecular weight excluding hydrogens is 435 g/mol. The van der Waals surface area contributed by atoms with Gasteiger partial charge in [0.25, 0.3) is 11.8 Å². The summed E-state index contributed by atoms with van der Waals surface area (Å²) < 4.78 is 99.5. The van der Waals surface area contributed by atoms with E-state index >= 15 is 0 Å². The molecule has 1 aromatic carbocycles. The maximum atomic E-state index is 13.3. The van der Waals surface area contributed by atoms with Crippen molar-refractivity contribution in [3.8, 4) is 17.3 Å². The molecule has 0 amide bonds. The monoisotopic (exact) mass is 441 g/mol. The zero-order chi connectivity index (χ0) is 21.4. The quantitative estimate of drug-likeness (QED) is 0.497. The highest BCUT2D eigenvalue weighted by molar-refractivity contribution is 6.32. The molecular formula is C16H7ClF7N3O2. The summed E-state index contributed by atoms with van der Waals surface area (Å²) in [5.41, 5.74) is -2.81. The molecule has 0 spiro atoms. The zero-order valence-corrected chi connectivity index (χ0v) is 14.5. The van der Waals surface area contributed by atoms with Crippen molar-refractivity contribution in [2.45, 2.75) is 19.0 Å². The maximum Gasteiger partial charge on any atom is 0.419 e. The predicted molar refractivity (Wildman–Crippen MR) is 83.3 cm³/mol. The molecule has 2 heterocycles. The fourth-order valence-corrected chi connectivity index (χ4v) is 2.36. The number of halogens is 8. The van der Waals surface area contributed by atoms with Gasteiger partial charge in [-0.15, -0.1) is 10.2 Å². The molecule has 0 aliphatic rings. The molecule has 3 rings (SSSR count). The Bertz CT molecular complexity index is 1030. The summed E-state index contributed by atoms with van der Waals surface area (Å²) in [5.74, 6) is -2.33. The van der Waals surface area contributed by atoms with E-state index in [0.717, 1.165) is 6.07 Å². The van der Waals surface area contributed by atoms with Crippen molar-refractivity contribution < 1.29 is 39.9 Å². The molecule has 3 aromatic rings. The Morgan fingerprint density at radius 1 is 1.00 bits per heavy atom. The van der Waals surface area contributed by atoms with Crippen molar-refractivity contribution in [1.82, 2.24) is 15.2 Å². The summed E-state index contributed by atoms with van der Waals surface area (Å²) in [5, 5.41) is 6.71. The Labute approximate surface area is 162 Å². The van der Waals surface area contributed by atoms with Crippen molar-refractivity contribution in [3.63, 3.8) is 0 Å². The number of benzene rings is 1.